The third-order valence-electron chi connectivity index (χ3n) is 10.1. The summed E-state index contributed by atoms with van der Waals surface area (Å²) < 4.78 is 6.10. The zero-order chi connectivity index (χ0) is 20.9. The van der Waals surface area contributed by atoms with Crippen LogP contribution in [0.25, 0.3) is 0 Å². The highest BCUT2D eigenvalue weighted by Gasteiger charge is 3.05. The van der Waals surface area contributed by atoms with Crippen molar-refractivity contribution in [3.63, 3.8) is 0 Å². The zero-order valence-electron chi connectivity index (χ0n) is 16.8. The number of rotatable bonds is 2. The van der Waals surface area contributed by atoms with Crippen LogP contribution in [-0.4, -0.2) is 82.8 Å². The molecule has 7 N–H and O–H groups in total. The van der Waals surface area contributed by atoms with Crippen LogP contribution < -0.4 is 0 Å². The van der Waals surface area contributed by atoms with Crippen molar-refractivity contribution in [2.45, 2.75) is 87.4 Å². The normalized spacial score (nSPS) is 69.4. The minimum absolute atomic E-state index is 0.142. The molecule has 2 heterocycles. The van der Waals surface area contributed by atoms with Crippen LogP contribution in [0.1, 0.15) is 47.0 Å². The first-order valence-corrected chi connectivity index (χ1v) is 10.3. The van der Waals surface area contributed by atoms with E-state index in [2.05, 4.69) is 0 Å². The maximum Gasteiger partial charge on any atom is 0.178 e. The highest BCUT2D eigenvalue weighted by atomic mass is 16.7. The van der Waals surface area contributed by atoms with Gasteiger partial charge in [0.05, 0.1) is 24.2 Å². The lowest BCUT2D eigenvalue weighted by Crippen LogP contribution is -2.75. The molecule has 6 fully saturated rings. The van der Waals surface area contributed by atoms with Crippen molar-refractivity contribution in [2.24, 2.45) is 28.6 Å². The van der Waals surface area contributed by atoms with Crippen LogP contribution in [0.2, 0.25) is 0 Å². The Kier molecular flexibility index (Phi) is 3.24. The summed E-state index contributed by atoms with van der Waals surface area (Å²) >= 11 is 0. The molecular formula is C20H32O8. The van der Waals surface area contributed by atoms with E-state index in [0.717, 1.165) is 0 Å². The second-order valence-corrected chi connectivity index (χ2v) is 10.7. The molecule has 4 aliphatic carbocycles. The number of hydrogen-bond acceptors (Lipinski definition) is 8. The van der Waals surface area contributed by atoms with Gasteiger partial charge in [-0.15, -0.1) is 0 Å². The second-order valence-electron chi connectivity index (χ2n) is 10.7. The summed E-state index contributed by atoms with van der Waals surface area (Å²) in [4.78, 5) is 0. The first kappa shape index (κ1) is 19.6. The van der Waals surface area contributed by atoms with Crippen LogP contribution in [-0.2, 0) is 4.74 Å². The molecule has 0 radical (unpaired) electrons. The number of aliphatic hydroxyl groups excluding tert-OH is 3. The molecule has 8 nitrogen and oxygen atoms in total. The molecule has 0 aromatic heterocycles. The zero-order valence-corrected chi connectivity index (χ0v) is 16.8. The maximum absolute atomic E-state index is 12.3. The van der Waals surface area contributed by atoms with E-state index in [1.54, 1.807) is 20.8 Å². The Bertz CT molecular complexity index is 760. The van der Waals surface area contributed by atoms with Crippen LogP contribution >= 0.6 is 0 Å². The van der Waals surface area contributed by atoms with Crippen LogP contribution in [0, 0.1) is 28.6 Å². The Morgan fingerprint density at radius 1 is 1.07 bits per heavy atom. The van der Waals surface area contributed by atoms with Crippen LogP contribution in [0.5, 0.6) is 0 Å². The molecule has 4 saturated carbocycles. The largest absolute Gasteiger partial charge is 0.396 e. The summed E-state index contributed by atoms with van der Waals surface area (Å²) in [5, 5.41) is 80.9. The average Bonchev–Trinajstić information content (AvgIpc) is 2.88. The molecule has 1 spiro atoms. The molecular weight excluding hydrogens is 368 g/mol. The SMILES string of the molecule is CC(C)[C@@]1(O)[C@@H](O)[C@@H]2[C@@]3(CO)C[C@]4(O)O[C@@]5([C@H](O)[C@@H](C)CC[C@]35O)[C@@]2(O)[C@]14C. The molecule has 6 aliphatic rings. The maximum atomic E-state index is 12.3. The lowest BCUT2D eigenvalue weighted by molar-refractivity contribution is -0.390. The van der Waals surface area contributed by atoms with Gasteiger partial charge >= 0.3 is 0 Å². The Balaban J connectivity index is 1.93. The smallest absolute Gasteiger partial charge is 0.178 e. The first-order valence-electron chi connectivity index (χ1n) is 10.3. The van der Waals surface area contributed by atoms with Gasteiger partial charge in [0.15, 0.2) is 11.4 Å². The Labute approximate surface area is 163 Å². The number of aliphatic hydroxyl groups is 7. The van der Waals surface area contributed by atoms with E-state index in [4.69, 9.17) is 4.74 Å². The van der Waals surface area contributed by atoms with Gasteiger partial charge in [0.2, 0.25) is 0 Å². The van der Waals surface area contributed by atoms with E-state index >= 15 is 0 Å². The summed E-state index contributed by atoms with van der Waals surface area (Å²) in [6.45, 7) is 6.00. The van der Waals surface area contributed by atoms with Crippen molar-refractivity contribution in [2.75, 3.05) is 6.61 Å². The van der Waals surface area contributed by atoms with Crippen molar-refractivity contribution in [1.29, 1.82) is 0 Å². The number of hydrogen-bond donors (Lipinski definition) is 7. The molecule has 160 valence electrons. The van der Waals surface area contributed by atoms with E-state index in [0.29, 0.717) is 6.42 Å². The molecule has 6 bridgehead atoms. The predicted molar refractivity (Wildman–Crippen MR) is 94.6 cm³/mol. The van der Waals surface area contributed by atoms with Gasteiger partial charge in [-0.3, -0.25) is 0 Å². The molecule has 0 aromatic rings. The highest BCUT2D eigenvalue weighted by Crippen LogP contribution is 2.89. The summed E-state index contributed by atoms with van der Waals surface area (Å²) in [7, 11) is 0. The van der Waals surface area contributed by atoms with E-state index in [-0.39, 0.29) is 18.8 Å². The van der Waals surface area contributed by atoms with Gasteiger partial charge in [-0.2, -0.15) is 0 Å². The van der Waals surface area contributed by atoms with E-state index < -0.39 is 69.7 Å². The predicted octanol–water partition coefficient (Wildman–Crippen LogP) is -1.52. The Hall–Kier alpha value is -0.320. The van der Waals surface area contributed by atoms with Crippen molar-refractivity contribution < 1.29 is 40.5 Å². The fraction of sp³-hybridized carbons (Fsp3) is 1.00. The minimum atomic E-state index is -2.14. The van der Waals surface area contributed by atoms with E-state index in [1.165, 1.54) is 6.92 Å². The van der Waals surface area contributed by atoms with Gasteiger partial charge in [0.1, 0.15) is 16.8 Å². The highest BCUT2D eigenvalue weighted by molar-refractivity contribution is 5.51. The third kappa shape index (κ3) is 1.23. The monoisotopic (exact) mass is 400 g/mol. The average molecular weight is 400 g/mol. The van der Waals surface area contributed by atoms with Gasteiger partial charge in [-0.05, 0) is 31.6 Å². The Morgan fingerprint density at radius 2 is 1.68 bits per heavy atom. The standard InChI is InChI=1S/C20H32O8/c1-9(2)18(26)13(23)11-15(8-21)7-17(25)14(18,4)19(11,27)20(28-17)12(22)10(3)5-6-16(15,20)24/h9-13,21-27H,5-8H2,1-4H3/t10-,11+,12+,13-,14-,15-,16-,17-,18+,19-,20+/m0/s1. The summed E-state index contributed by atoms with van der Waals surface area (Å²) in [6, 6.07) is 0. The molecule has 11 atom stereocenters. The van der Waals surface area contributed by atoms with Crippen molar-refractivity contribution in [1.82, 2.24) is 0 Å². The number of ether oxygens (including phenoxy) is 1. The first-order chi connectivity index (χ1) is 12.7. The van der Waals surface area contributed by atoms with Crippen LogP contribution in [0.4, 0.5) is 0 Å². The fourth-order valence-corrected chi connectivity index (χ4v) is 8.84. The molecule has 0 unspecified atom stereocenters. The van der Waals surface area contributed by atoms with E-state index in [9.17, 15) is 35.7 Å². The minimum Gasteiger partial charge on any atom is -0.396 e. The van der Waals surface area contributed by atoms with Gasteiger partial charge in [-0.25, -0.2) is 0 Å². The van der Waals surface area contributed by atoms with Crippen LogP contribution in [0.3, 0.4) is 0 Å². The lowest BCUT2D eigenvalue weighted by atomic mass is 9.54. The summed E-state index contributed by atoms with van der Waals surface area (Å²) in [6.07, 6.45) is -2.54. The molecule has 2 aliphatic heterocycles. The molecule has 28 heavy (non-hydrogen) atoms. The van der Waals surface area contributed by atoms with Crippen molar-refractivity contribution in [3.05, 3.63) is 0 Å². The fourth-order valence-electron chi connectivity index (χ4n) is 8.84. The molecule has 8 heteroatoms. The van der Waals surface area contributed by atoms with Gasteiger partial charge in [0, 0.05) is 17.8 Å². The van der Waals surface area contributed by atoms with Crippen molar-refractivity contribution in [3.8, 4) is 0 Å². The Morgan fingerprint density at radius 3 is 2.21 bits per heavy atom. The van der Waals surface area contributed by atoms with Crippen molar-refractivity contribution >= 4 is 0 Å². The molecule has 2 saturated heterocycles. The topological polar surface area (TPSA) is 151 Å². The summed E-state index contributed by atoms with van der Waals surface area (Å²) in [5.74, 6) is -4.24. The van der Waals surface area contributed by atoms with Gasteiger partial charge < -0.3 is 40.5 Å². The quantitative estimate of drug-likeness (QED) is 0.295. The third-order valence-corrected chi connectivity index (χ3v) is 10.1. The van der Waals surface area contributed by atoms with Gasteiger partial charge in [0.25, 0.3) is 0 Å². The molecule has 6 rings (SSSR count). The van der Waals surface area contributed by atoms with Crippen LogP contribution in [0.15, 0.2) is 0 Å². The van der Waals surface area contributed by atoms with Gasteiger partial charge in [-0.1, -0.05) is 20.8 Å². The van der Waals surface area contributed by atoms with E-state index in [1.807, 2.05) is 0 Å². The summed E-state index contributed by atoms with van der Waals surface area (Å²) in [5.41, 5.74) is -11.3. The molecule has 0 amide bonds. The second kappa shape index (κ2) is 4.62. The molecule has 0 aromatic carbocycles. The lowest BCUT2D eigenvalue weighted by Gasteiger charge is -2.60.